The molecule has 0 spiro atoms. The van der Waals surface area contributed by atoms with Crippen LogP contribution in [0.25, 0.3) is 0 Å². The van der Waals surface area contributed by atoms with Gasteiger partial charge in [-0.05, 0) is 45.6 Å². The van der Waals surface area contributed by atoms with Crippen LogP contribution in [0.3, 0.4) is 0 Å². The molecule has 28 heavy (non-hydrogen) atoms. The van der Waals surface area contributed by atoms with Gasteiger partial charge in [0, 0.05) is 6.54 Å². The summed E-state index contributed by atoms with van der Waals surface area (Å²) in [6.45, 7) is 5.85. The van der Waals surface area contributed by atoms with Crippen LogP contribution in [0.5, 0.6) is 0 Å². The monoisotopic (exact) mass is 394 g/mol. The SMILES string of the molecule is CC(C)(C)OC(=O)NC(CCCCNC(=O)COCc1ccccc1)C(=O)O. The Bertz CT molecular complexity index is 627. The van der Waals surface area contributed by atoms with Gasteiger partial charge in [-0.1, -0.05) is 30.3 Å². The highest BCUT2D eigenvalue weighted by Crippen LogP contribution is 2.08. The molecule has 0 fully saturated rings. The number of carbonyl (C=O) groups excluding carboxylic acids is 2. The molecule has 1 rings (SSSR count). The van der Waals surface area contributed by atoms with Crippen molar-refractivity contribution in [1.82, 2.24) is 10.6 Å². The number of carboxylic acids is 1. The number of unbranched alkanes of at least 4 members (excludes halogenated alkanes) is 1. The minimum absolute atomic E-state index is 0.0349. The molecule has 0 aliphatic rings. The molecule has 1 unspecified atom stereocenters. The van der Waals surface area contributed by atoms with Crippen molar-refractivity contribution in [2.24, 2.45) is 0 Å². The number of carboxylic acid groups (broad SMARTS) is 1. The summed E-state index contributed by atoms with van der Waals surface area (Å²) < 4.78 is 10.4. The molecular weight excluding hydrogens is 364 g/mol. The Hall–Kier alpha value is -2.61. The highest BCUT2D eigenvalue weighted by molar-refractivity contribution is 5.80. The first-order valence-electron chi connectivity index (χ1n) is 9.28. The lowest BCUT2D eigenvalue weighted by atomic mass is 10.1. The van der Waals surface area contributed by atoms with Gasteiger partial charge >= 0.3 is 12.1 Å². The lowest BCUT2D eigenvalue weighted by Crippen LogP contribution is -2.43. The van der Waals surface area contributed by atoms with Crippen molar-refractivity contribution in [3.63, 3.8) is 0 Å². The maximum Gasteiger partial charge on any atom is 0.408 e. The van der Waals surface area contributed by atoms with Crippen molar-refractivity contribution < 1.29 is 29.0 Å². The van der Waals surface area contributed by atoms with Gasteiger partial charge in [-0.15, -0.1) is 0 Å². The third-order valence-electron chi connectivity index (χ3n) is 3.58. The molecule has 1 atom stereocenters. The smallest absolute Gasteiger partial charge is 0.408 e. The van der Waals surface area contributed by atoms with E-state index in [2.05, 4.69) is 10.6 Å². The summed E-state index contributed by atoms with van der Waals surface area (Å²) in [7, 11) is 0. The number of amides is 2. The molecule has 156 valence electrons. The highest BCUT2D eigenvalue weighted by Gasteiger charge is 2.23. The van der Waals surface area contributed by atoms with E-state index in [0.717, 1.165) is 5.56 Å². The van der Waals surface area contributed by atoms with Crippen molar-refractivity contribution >= 4 is 18.0 Å². The Balaban J connectivity index is 2.16. The van der Waals surface area contributed by atoms with Crippen molar-refractivity contribution in [2.75, 3.05) is 13.2 Å². The minimum Gasteiger partial charge on any atom is -0.480 e. The van der Waals surface area contributed by atoms with Gasteiger partial charge in [0.2, 0.25) is 5.91 Å². The average molecular weight is 394 g/mol. The number of nitrogens with one attached hydrogen (secondary N) is 2. The van der Waals surface area contributed by atoms with Gasteiger partial charge in [0.05, 0.1) is 6.61 Å². The third-order valence-corrected chi connectivity index (χ3v) is 3.58. The number of aliphatic carboxylic acids is 1. The molecule has 8 heteroatoms. The fourth-order valence-corrected chi connectivity index (χ4v) is 2.30. The molecule has 2 amide bonds. The van der Waals surface area contributed by atoms with E-state index < -0.39 is 23.7 Å². The van der Waals surface area contributed by atoms with Crippen LogP contribution in [0.2, 0.25) is 0 Å². The maximum atomic E-state index is 11.7. The number of benzene rings is 1. The maximum absolute atomic E-state index is 11.7. The predicted octanol–water partition coefficient (Wildman–Crippen LogP) is 2.47. The van der Waals surface area contributed by atoms with E-state index in [1.165, 1.54) is 0 Å². The first kappa shape index (κ1) is 23.4. The van der Waals surface area contributed by atoms with E-state index in [1.807, 2.05) is 30.3 Å². The van der Waals surface area contributed by atoms with E-state index in [0.29, 0.717) is 26.0 Å². The van der Waals surface area contributed by atoms with E-state index in [1.54, 1.807) is 20.8 Å². The molecular formula is C20H30N2O6. The quantitative estimate of drug-likeness (QED) is 0.497. The largest absolute Gasteiger partial charge is 0.480 e. The molecule has 0 saturated carbocycles. The zero-order chi connectivity index (χ0) is 21.0. The van der Waals surface area contributed by atoms with E-state index >= 15 is 0 Å². The predicted molar refractivity (Wildman–Crippen MR) is 104 cm³/mol. The summed E-state index contributed by atoms with van der Waals surface area (Å²) in [5.41, 5.74) is 0.299. The summed E-state index contributed by atoms with van der Waals surface area (Å²) in [6, 6.07) is 8.53. The lowest BCUT2D eigenvalue weighted by Gasteiger charge is -2.22. The Morgan fingerprint density at radius 1 is 1.11 bits per heavy atom. The van der Waals surface area contributed by atoms with Crippen LogP contribution >= 0.6 is 0 Å². The summed E-state index contributed by atoms with van der Waals surface area (Å²) in [5, 5.41) is 14.3. The summed E-state index contributed by atoms with van der Waals surface area (Å²) >= 11 is 0. The Morgan fingerprint density at radius 3 is 2.39 bits per heavy atom. The number of ether oxygens (including phenoxy) is 2. The lowest BCUT2D eigenvalue weighted by molar-refractivity contribution is -0.139. The second-order valence-electron chi connectivity index (χ2n) is 7.36. The fraction of sp³-hybridized carbons (Fsp3) is 0.550. The first-order valence-corrected chi connectivity index (χ1v) is 9.28. The highest BCUT2D eigenvalue weighted by atomic mass is 16.6. The van der Waals surface area contributed by atoms with Crippen LogP contribution in [-0.2, 0) is 25.7 Å². The first-order chi connectivity index (χ1) is 13.2. The fourth-order valence-electron chi connectivity index (χ4n) is 2.30. The zero-order valence-electron chi connectivity index (χ0n) is 16.7. The van der Waals surface area contributed by atoms with E-state index in [-0.39, 0.29) is 18.9 Å². The van der Waals surface area contributed by atoms with Crippen LogP contribution < -0.4 is 10.6 Å². The number of alkyl carbamates (subject to hydrolysis) is 1. The van der Waals surface area contributed by atoms with Gasteiger partial charge in [-0.2, -0.15) is 0 Å². The van der Waals surface area contributed by atoms with E-state index in [4.69, 9.17) is 9.47 Å². The molecule has 0 aliphatic carbocycles. The van der Waals surface area contributed by atoms with Crippen molar-refractivity contribution in [3.05, 3.63) is 35.9 Å². The number of carbonyl (C=O) groups is 3. The normalized spacial score (nSPS) is 12.1. The minimum atomic E-state index is -1.12. The van der Waals surface area contributed by atoms with Gasteiger partial charge < -0.3 is 25.2 Å². The van der Waals surface area contributed by atoms with E-state index in [9.17, 15) is 19.5 Å². The molecule has 1 aromatic rings. The van der Waals surface area contributed by atoms with Crippen LogP contribution in [0.1, 0.15) is 45.6 Å². The van der Waals surface area contributed by atoms with Crippen molar-refractivity contribution in [3.8, 4) is 0 Å². The molecule has 8 nitrogen and oxygen atoms in total. The van der Waals surface area contributed by atoms with Crippen LogP contribution in [-0.4, -0.2) is 47.9 Å². The van der Waals surface area contributed by atoms with Crippen molar-refractivity contribution in [1.29, 1.82) is 0 Å². The molecule has 0 radical (unpaired) electrons. The standard InChI is InChI=1S/C20H30N2O6/c1-20(2,3)28-19(26)22-16(18(24)25)11-7-8-12-21-17(23)14-27-13-15-9-5-4-6-10-15/h4-6,9-10,16H,7-8,11-14H2,1-3H3,(H,21,23)(H,22,26)(H,24,25). The molecule has 0 bridgehead atoms. The van der Waals surface area contributed by atoms with Crippen molar-refractivity contribution in [2.45, 2.75) is 58.3 Å². The Kier molecular flexibility index (Phi) is 10.0. The van der Waals surface area contributed by atoms with Gasteiger partial charge in [0.1, 0.15) is 18.2 Å². The summed E-state index contributed by atoms with van der Waals surface area (Å²) in [6.07, 6.45) is 0.598. The summed E-state index contributed by atoms with van der Waals surface area (Å²) in [4.78, 5) is 34.7. The van der Waals surface area contributed by atoms with Gasteiger partial charge in [0.25, 0.3) is 0 Å². The second kappa shape index (κ2) is 12.0. The average Bonchev–Trinajstić information content (AvgIpc) is 2.59. The van der Waals surface area contributed by atoms with Crippen LogP contribution in [0.15, 0.2) is 30.3 Å². The molecule has 0 aromatic heterocycles. The topological polar surface area (TPSA) is 114 Å². The third kappa shape index (κ3) is 11.2. The zero-order valence-corrected chi connectivity index (χ0v) is 16.7. The Labute approximate surface area is 165 Å². The summed E-state index contributed by atoms with van der Waals surface area (Å²) in [5.74, 6) is -1.35. The second-order valence-corrected chi connectivity index (χ2v) is 7.36. The van der Waals surface area contributed by atoms with Crippen LogP contribution in [0.4, 0.5) is 4.79 Å². The number of rotatable bonds is 11. The molecule has 3 N–H and O–H groups in total. The van der Waals surface area contributed by atoms with Gasteiger partial charge in [-0.3, -0.25) is 4.79 Å². The number of hydrogen-bond acceptors (Lipinski definition) is 5. The molecule has 1 aromatic carbocycles. The molecule has 0 saturated heterocycles. The molecule has 0 aliphatic heterocycles. The Morgan fingerprint density at radius 2 is 1.79 bits per heavy atom. The number of hydrogen-bond donors (Lipinski definition) is 3. The van der Waals surface area contributed by atoms with Gasteiger partial charge in [0.15, 0.2) is 0 Å². The molecule has 0 heterocycles. The van der Waals surface area contributed by atoms with Crippen LogP contribution in [0, 0.1) is 0 Å². The van der Waals surface area contributed by atoms with Gasteiger partial charge in [-0.25, -0.2) is 9.59 Å².